The number of hydrogen-bond acceptors (Lipinski definition) is 3. The van der Waals surface area contributed by atoms with E-state index in [-0.39, 0.29) is 6.61 Å². The lowest BCUT2D eigenvalue weighted by Crippen LogP contribution is -1.99. The summed E-state index contributed by atoms with van der Waals surface area (Å²) in [4.78, 5) is 8.23. The van der Waals surface area contributed by atoms with Crippen molar-refractivity contribution in [2.24, 2.45) is 0 Å². The predicted octanol–water partition coefficient (Wildman–Crippen LogP) is 1.50. The van der Waals surface area contributed by atoms with Crippen LogP contribution in [-0.4, -0.2) is 21.0 Å². The van der Waals surface area contributed by atoms with Crippen LogP contribution >= 0.6 is 15.9 Å². The molecule has 2 rings (SSSR count). The van der Waals surface area contributed by atoms with E-state index in [4.69, 9.17) is 11.2 Å². The highest BCUT2D eigenvalue weighted by Gasteiger charge is 2.06. The molecule has 0 N–H and O–H groups in total. The Morgan fingerprint density at radius 3 is 3.29 bits per heavy atom. The summed E-state index contributed by atoms with van der Waals surface area (Å²) in [5, 5.41) is 0. The normalized spacial score (nSPS) is 10.0. The van der Waals surface area contributed by atoms with Crippen molar-refractivity contribution in [3.8, 4) is 18.2 Å². The standard InChI is InChI=1S/C9H6BrN3O/c1-2-5-14-9-8-11-3-4-13(8)6-7(10)12-9/h1,3-4,6H,5H2. The molecule has 2 heterocycles. The highest BCUT2D eigenvalue weighted by atomic mass is 79.9. The Balaban J connectivity index is 2.51. The smallest absolute Gasteiger partial charge is 0.260 e. The molecule has 70 valence electrons. The molecule has 0 aliphatic carbocycles. The fraction of sp³-hybridized carbons (Fsp3) is 0.111. The molecule has 0 atom stereocenters. The number of ether oxygens (including phenoxy) is 1. The van der Waals surface area contributed by atoms with Gasteiger partial charge in [0.05, 0.1) is 0 Å². The van der Waals surface area contributed by atoms with Crippen molar-refractivity contribution in [3.63, 3.8) is 0 Å². The molecule has 2 aromatic rings. The van der Waals surface area contributed by atoms with Gasteiger partial charge in [-0.1, -0.05) is 5.92 Å². The van der Waals surface area contributed by atoms with Crippen LogP contribution < -0.4 is 4.74 Å². The maximum absolute atomic E-state index is 5.25. The molecule has 0 saturated heterocycles. The third-order valence-corrected chi connectivity index (χ3v) is 1.99. The van der Waals surface area contributed by atoms with E-state index in [1.165, 1.54) is 0 Å². The minimum Gasteiger partial charge on any atom is -0.462 e. The molecule has 0 amide bonds. The highest BCUT2D eigenvalue weighted by molar-refractivity contribution is 9.10. The summed E-state index contributed by atoms with van der Waals surface area (Å²) >= 11 is 3.27. The number of imidazole rings is 1. The number of hydrogen-bond donors (Lipinski definition) is 0. The predicted molar refractivity (Wildman–Crippen MR) is 55.0 cm³/mol. The van der Waals surface area contributed by atoms with E-state index in [1.54, 1.807) is 12.4 Å². The Bertz CT molecular complexity index is 500. The van der Waals surface area contributed by atoms with Gasteiger partial charge in [-0.25, -0.2) is 9.97 Å². The second-order valence-electron chi connectivity index (χ2n) is 2.52. The van der Waals surface area contributed by atoms with E-state index in [0.29, 0.717) is 16.1 Å². The zero-order valence-corrected chi connectivity index (χ0v) is 8.73. The van der Waals surface area contributed by atoms with Gasteiger partial charge in [0.25, 0.3) is 5.88 Å². The number of fused-ring (bicyclic) bond motifs is 1. The molecule has 0 fully saturated rings. The quantitative estimate of drug-likeness (QED) is 0.760. The Labute approximate surface area is 89.1 Å². The van der Waals surface area contributed by atoms with Crippen molar-refractivity contribution in [2.45, 2.75) is 0 Å². The molecular formula is C9H6BrN3O. The number of aromatic nitrogens is 3. The van der Waals surface area contributed by atoms with E-state index >= 15 is 0 Å². The van der Waals surface area contributed by atoms with E-state index in [2.05, 4.69) is 31.8 Å². The molecule has 14 heavy (non-hydrogen) atoms. The molecule has 0 bridgehead atoms. The van der Waals surface area contributed by atoms with Crippen molar-refractivity contribution in [1.29, 1.82) is 0 Å². The molecule has 0 aliphatic rings. The Morgan fingerprint density at radius 2 is 2.50 bits per heavy atom. The van der Waals surface area contributed by atoms with Gasteiger partial charge in [0.2, 0.25) is 5.65 Å². The Hall–Kier alpha value is -1.54. The molecule has 2 aromatic heterocycles. The molecule has 0 aliphatic heterocycles. The van der Waals surface area contributed by atoms with Gasteiger partial charge < -0.3 is 4.74 Å². The number of nitrogens with zero attached hydrogens (tertiary/aromatic N) is 3. The number of terminal acetylenes is 1. The zero-order valence-electron chi connectivity index (χ0n) is 7.14. The summed E-state index contributed by atoms with van der Waals surface area (Å²) in [5.74, 6) is 2.81. The molecule has 0 unspecified atom stereocenters. The fourth-order valence-corrected chi connectivity index (χ4v) is 1.46. The Kier molecular flexibility index (Phi) is 2.37. The van der Waals surface area contributed by atoms with Crippen molar-refractivity contribution < 1.29 is 4.74 Å². The van der Waals surface area contributed by atoms with E-state index < -0.39 is 0 Å². The third-order valence-electron chi connectivity index (χ3n) is 1.61. The van der Waals surface area contributed by atoms with Gasteiger partial charge in [-0.3, -0.25) is 4.40 Å². The molecule has 0 saturated carbocycles. The van der Waals surface area contributed by atoms with Gasteiger partial charge in [-0.2, -0.15) is 0 Å². The fourth-order valence-electron chi connectivity index (χ4n) is 1.08. The maximum atomic E-state index is 5.25. The molecule has 0 radical (unpaired) electrons. The summed E-state index contributed by atoms with van der Waals surface area (Å²) < 4.78 is 7.73. The lowest BCUT2D eigenvalue weighted by atomic mass is 10.6. The lowest BCUT2D eigenvalue weighted by Gasteiger charge is -2.03. The molecule has 5 heteroatoms. The van der Waals surface area contributed by atoms with Crippen LogP contribution in [0.15, 0.2) is 23.2 Å². The first-order valence-corrected chi connectivity index (χ1v) is 4.66. The van der Waals surface area contributed by atoms with Gasteiger partial charge >= 0.3 is 0 Å². The van der Waals surface area contributed by atoms with Gasteiger partial charge in [-0.15, -0.1) is 6.42 Å². The molecule has 0 aromatic carbocycles. The first-order valence-electron chi connectivity index (χ1n) is 3.87. The summed E-state index contributed by atoms with van der Waals surface area (Å²) in [6.07, 6.45) is 10.4. The second kappa shape index (κ2) is 3.68. The van der Waals surface area contributed by atoms with Crippen LogP contribution in [0.2, 0.25) is 0 Å². The molecular weight excluding hydrogens is 246 g/mol. The topological polar surface area (TPSA) is 39.4 Å². The zero-order chi connectivity index (χ0) is 9.97. The van der Waals surface area contributed by atoms with Crippen molar-refractivity contribution >= 4 is 21.6 Å². The first-order chi connectivity index (χ1) is 6.81. The van der Waals surface area contributed by atoms with Gasteiger partial charge in [0, 0.05) is 18.6 Å². The third kappa shape index (κ3) is 1.56. The van der Waals surface area contributed by atoms with Crippen molar-refractivity contribution in [1.82, 2.24) is 14.4 Å². The van der Waals surface area contributed by atoms with Crippen LogP contribution in [0.3, 0.4) is 0 Å². The minimum absolute atomic E-state index is 0.186. The van der Waals surface area contributed by atoms with Crippen LogP contribution in [-0.2, 0) is 0 Å². The van der Waals surface area contributed by atoms with Crippen molar-refractivity contribution in [2.75, 3.05) is 6.61 Å². The van der Waals surface area contributed by atoms with Gasteiger partial charge in [0.15, 0.2) is 6.61 Å². The molecule has 0 spiro atoms. The lowest BCUT2D eigenvalue weighted by molar-refractivity contribution is 0.357. The van der Waals surface area contributed by atoms with Crippen LogP contribution in [0.1, 0.15) is 0 Å². The SMILES string of the molecule is C#CCOc1nc(Br)cn2ccnc12. The van der Waals surface area contributed by atoms with Crippen LogP contribution in [0.25, 0.3) is 5.65 Å². The summed E-state index contributed by atoms with van der Waals surface area (Å²) in [6.45, 7) is 0.186. The van der Waals surface area contributed by atoms with E-state index in [0.717, 1.165) is 0 Å². The maximum Gasteiger partial charge on any atom is 0.260 e. The van der Waals surface area contributed by atoms with E-state index in [9.17, 15) is 0 Å². The van der Waals surface area contributed by atoms with E-state index in [1.807, 2.05) is 10.6 Å². The second-order valence-corrected chi connectivity index (χ2v) is 3.33. The minimum atomic E-state index is 0.186. The average molecular weight is 252 g/mol. The summed E-state index contributed by atoms with van der Waals surface area (Å²) in [5.41, 5.74) is 0.656. The first kappa shape index (κ1) is 9.03. The van der Waals surface area contributed by atoms with Crippen LogP contribution in [0.4, 0.5) is 0 Å². The van der Waals surface area contributed by atoms with Crippen LogP contribution in [0.5, 0.6) is 5.88 Å². The van der Waals surface area contributed by atoms with Gasteiger partial charge in [0.1, 0.15) is 4.60 Å². The van der Waals surface area contributed by atoms with Crippen LogP contribution in [0, 0.1) is 12.3 Å². The average Bonchev–Trinajstić information content (AvgIpc) is 2.61. The number of rotatable bonds is 2. The highest BCUT2D eigenvalue weighted by Crippen LogP contribution is 2.18. The Morgan fingerprint density at radius 1 is 1.64 bits per heavy atom. The largest absolute Gasteiger partial charge is 0.462 e. The summed E-state index contributed by atoms with van der Waals surface area (Å²) in [6, 6.07) is 0. The number of halogens is 1. The molecule has 4 nitrogen and oxygen atoms in total. The van der Waals surface area contributed by atoms with Crippen molar-refractivity contribution in [3.05, 3.63) is 23.2 Å². The van der Waals surface area contributed by atoms with Gasteiger partial charge in [-0.05, 0) is 15.9 Å². The monoisotopic (exact) mass is 251 g/mol. The summed E-state index contributed by atoms with van der Waals surface area (Å²) in [7, 11) is 0.